The summed E-state index contributed by atoms with van der Waals surface area (Å²) >= 11 is 0. The van der Waals surface area contributed by atoms with E-state index < -0.39 is 20.0 Å². The molecular weight excluding hydrogens is 828 g/mol. The summed E-state index contributed by atoms with van der Waals surface area (Å²) in [5, 5.41) is 13.9. The fourth-order valence-corrected chi connectivity index (χ4v) is 8.22. The van der Waals surface area contributed by atoms with E-state index in [4.69, 9.17) is 9.05 Å². The molecular formula is C56H104N2O6P+. The third-order valence-electron chi connectivity index (χ3n) is 11.7. The zero-order valence-electron chi connectivity index (χ0n) is 43.0. The molecule has 0 aromatic heterocycles. The van der Waals surface area contributed by atoms with Gasteiger partial charge in [-0.05, 0) is 64.2 Å². The lowest BCUT2D eigenvalue weighted by Gasteiger charge is -2.25. The summed E-state index contributed by atoms with van der Waals surface area (Å²) in [7, 11) is 1.56. The number of likely N-dealkylation sites (N-methyl/N-ethyl adjacent to an activating group) is 1. The molecule has 65 heavy (non-hydrogen) atoms. The number of hydrogen-bond acceptors (Lipinski definition) is 5. The molecule has 0 spiro atoms. The van der Waals surface area contributed by atoms with Crippen molar-refractivity contribution in [1.29, 1.82) is 0 Å². The second kappa shape index (κ2) is 47.0. The van der Waals surface area contributed by atoms with E-state index in [2.05, 4.69) is 79.9 Å². The molecule has 0 saturated heterocycles. The third kappa shape index (κ3) is 49.7. The van der Waals surface area contributed by atoms with Gasteiger partial charge in [0, 0.05) is 6.42 Å². The van der Waals surface area contributed by atoms with Gasteiger partial charge in [0.2, 0.25) is 5.91 Å². The van der Waals surface area contributed by atoms with E-state index in [0.717, 1.165) is 77.0 Å². The third-order valence-corrected chi connectivity index (χ3v) is 12.7. The fourth-order valence-electron chi connectivity index (χ4n) is 7.48. The van der Waals surface area contributed by atoms with Crippen LogP contribution >= 0.6 is 7.82 Å². The summed E-state index contributed by atoms with van der Waals surface area (Å²) in [6.45, 7) is 4.70. The molecule has 0 aliphatic heterocycles. The molecule has 3 atom stereocenters. The first kappa shape index (κ1) is 62.9. The summed E-state index contributed by atoms with van der Waals surface area (Å²) in [5.41, 5.74) is 0. The standard InChI is InChI=1S/C56H103N2O6P/c1-6-8-10-12-14-16-18-20-22-24-26-27-28-29-30-31-32-34-36-38-40-42-44-46-48-50-56(60)57-54(53-64-65(61,62)63-52-51-58(3,4)5)55(59)49-47-45-43-41-39-37-35-33-25-23-21-19-17-15-13-11-9-7-2/h8,10,14,16,20,22,26-27,29-30,47,49,54-55,59H,6-7,9,11-13,15,17-19,21,23-25,28,31-46,48,50-53H2,1-5H3,(H-,57,60,61,62)/p+1/b10-8-,16-14-,22-20-,27-26-,30-29-,49-47+. The number of amides is 1. The van der Waals surface area contributed by atoms with E-state index in [0.29, 0.717) is 17.4 Å². The van der Waals surface area contributed by atoms with Gasteiger partial charge < -0.3 is 19.8 Å². The highest BCUT2D eigenvalue weighted by Crippen LogP contribution is 2.43. The van der Waals surface area contributed by atoms with Gasteiger partial charge in [0.1, 0.15) is 13.2 Å². The van der Waals surface area contributed by atoms with Gasteiger partial charge in [0.05, 0.1) is 39.9 Å². The van der Waals surface area contributed by atoms with E-state index in [9.17, 15) is 19.4 Å². The maximum Gasteiger partial charge on any atom is 0.472 e. The second-order valence-corrected chi connectivity index (χ2v) is 20.7. The zero-order chi connectivity index (χ0) is 47.8. The van der Waals surface area contributed by atoms with Crippen molar-refractivity contribution >= 4 is 13.7 Å². The molecule has 0 heterocycles. The van der Waals surface area contributed by atoms with E-state index in [-0.39, 0.29) is 19.1 Å². The Balaban J connectivity index is 4.29. The van der Waals surface area contributed by atoms with E-state index in [1.807, 2.05) is 27.2 Å². The highest BCUT2D eigenvalue weighted by molar-refractivity contribution is 7.47. The number of hydrogen-bond donors (Lipinski definition) is 3. The lowest BCUT2D eigenvalue weighted by molar-refractivity contribution is -0.870. The predicted octanol–water partition coefficient (Wildman–Crippen LogP) is 15.9. The number of quaternary nitrogens is 1. The van der Waals surface area contributed by atoms with Crippen LogP contribution in [0.2, 0.25) is 0 Å². The zero-order valence-corrected chi connectivity index (χ0v) is 43.9. The van der Waals surface area contributed by atoms with Gasteiger partial charge in [-0.2, -0.15) is 0 Å². The molecule has 0 aromatic rings. The quantitative estimate of drug-likeness (QED) is 0.0243. The molecule has 0 bridgehead atoms. The normalized spacial score (nSPS) is 14.6. The molecule has 0 saturated carbocycles. The number of phosphoric acid groups is 1. The van der Waals surface area contributed by atoms with Crippen LogP contribution in [0, 0.1) is 0 Å². The summed E-state index contributed by atoms with van der Waals surface area (Å²) in [6.07, 6.45) is 64.1. The van der Waals surface area contributed by atoms with Crippen molar-refractivity contribution in [2.75, 3.05) is 40.9 Å². The lowest BCUT2D eigenvalue weighted by atomic mass is 10.0. The molecule has 0 aromatic carbocycles. The molecule has 9 heteroatoms. The molecule has 0 radical (unpaired) electrons. The SMILES string of the molecule is CC/C=C\C/C=C\C/C=C\C/C=C\C/C=C\CCCCCCCCCCCC(=O)NC(COP(=O)(O)OCC[N+](C)(C)C)C(O)/C=C/CCCCCCCCCCCCCCCCCC. The van der Waals surface area contributed by atoms with Crippen LogP contribution in [0.4, 0.5) is 0 Å². The average Bonchev–Trinajstić information content (AvgIpc) is 3.26. The number of rotatable bonds is 48. The minimum Gasteiger partial charge on any atom is -0.387 e. The van der Waals surface area contributed by atoms with Crippen LogP contribution in [0.1, 0.15) is 226 Å². The number of allylic oxidation sites excluding steroid dienone is 11. The molecule has 3 N–H and O–H groups in total. The maximum atomic E-state index is 13.0. The van der Waals surface area contributed by atoms with Crippen LogP contribution in [0.5, 0.6) is 0 Å². The first-order chi connectivity index (χ1) is 31.5. The average molecular weight is 932 g/mol. The number of aliphatic hydroxyl groups excluding tert-OH is 1. The van der Waals surface area contributed by atoms with Gasteiger partial charge in [0.25, 0.3) is 0 Å². The largest absolute Gasteiger partial charge is 0.472 e. The van der Waals surface area contributed by atoms with Crippen LogP contribution in [-0.2, 0) is 18.4 Å². The Hall–Kier alpha value is -2.06. The fraction of sp³-hybridized carbons (Fsp3) is 0.768. The van der Waals surface area contributed by atoms with Crippen LogP contribution < -0.4 is 5.32 Å². The van der Waals surface area contributed by atoms with E-state index in [1.165, 1.54) is 128 Å². The Kier molecular flexibility index (Phi) is 45.5. The van der Waals surface area contributed by atoms with Crippen molar-refractivity contribution in [1.82, 2.24) is 5.32 Å². The molecule has 8 nitrogen and oxygen atoms in total. The second-order valence-electron chi connectivity index (χ2n) is 19.2. The van der Waals surface area contributed by atoms with Crippen LogP contribution in [0.25, 0.3) is 0 Å². The van der Waals surface area contributed by atoms with Gasteiger partial charge in [0.15, 0.2) is 0 Å². The topological polar surface area (TPSA) is 105 Å². The number of nitrogens with zero attached hydrogens (tertiary/aromatic N) is 1. The smallest absolute Gasteiger partial charge is 0.387 e. The Morgan fingerprint density at radius 1 is 0.538 bits per heavy atom. The Morgan fingerprint density at radius 2 is 0.923 bits per heavy atom. The van der Waals surface area contributed by atoms with Crippen molar-refractivity contribution in [3.05, 3.63) is 72.9 Å². The Labute approximate surface area is 402 Å². The van der Waals surface area contributed by atoms with Crippen molar-refractivity contribution < 1.29 is 32.9 Å². The number of carbonyl (C=O) groups is 1. The molecule has 0 rings (SSSR count). The molecule has 1 amide bonds. The monoisotopic (exact) mass is 932 g/mol. The van der Waals surface area contributed by atoms with Crippen molar-refractivity contribution in [3.8, 4) is 0 Å². The van der Waals surface area contributed by atoms with Gasteiger partial charge >= 0.3 is 7.82 Å². The molecule has 0 aliphatic rings. The highest BCUT2D eigenvalue weighted by Gasteiger charge is 2.27. The molecule has 378 valence electrons. The number of carbonyl (C=O) groups excluding carboxylic acids is 1. The van der Waals surface area contributed by atoms with Crippen LogP contribution in [0.3, 0.4) is 0 Å². The summed E-state index contributed by atoms with van der Waals surface area (Å²) in [6, 6.07) is -0.854. The lowest BCUT2D eigenvalue weighted by Crippen LogP contribution is -2.45. The van der Waals surface area contributed by atoms with Gasteiger partial charge in [-0.15, -0.1) is 0 Å². The summed E-state index contributed by atoms with van der Waals surface area (Å²) in [4.78, 5) is 23.3. The van der Waals surface area contributed by atoms with Crippen LogP contribution in [-0.4, -0.2) is 73.4 Å². The number of unbranched alkanes of at least 4 members (excludes halogenated alkanes) is 25. The Bertz CT molecular complexity index is 1290. The number of aliphatic hydroxyl groups is 1. The number of phosphoric ester groups is 1. The molecule has 3 unspecified atom stereocenters. The highest BCUT2D eigenvalue weighted by atomic mass is 31.2. The van der Waals surface area contributed by atoms with E-state index in [1.54, 1.807) is 6.08 Å². The summed E-state index contributed by atoms with van der Waals surface area (Å²) < 4.78 is 23.7. The maximum absolute atomic E-state index is 13.0. The molecule has 0 aliphatic carbocycles. The predicted molar refractivity (Wildman–Crippen MR) is 281 cm³/mol. The number of nitrogens with one attached hydrogen (secondary N) is 1. The van der Waals surface area contributed by atoms with Crippen molar-refractivity contribution in [3.63, 3.8) is 0 Å². The van der Waals surface area contributed by atoms with Crippen molar-refractivity contribution in [2.45, 2.75) is 238 Å². The first-order valence-electron chi connectivity index (χ1n) is 26.8. The first-order valence-corrected chi connectivity index (χ1v) is 28.3. The Morgan fingerprint density at radius 3 is 1.35 bits per heavy atom. The van der Waals surface area contributed by atoms with E-state index >= 15 is 0 Å². The molecule has 0 fully saturated rings. The minimum absolute atomic E-state index is 0.0574. The van der Waals surface area contributed by atoms with Crippen LogP contribution in [0.15, 0.2) is 72.9 Å². The van der Waals surface area contributed by atoms with Gasteiger partial charge in [-0.3, -0.25) is 13.8 Å². The summed E-state index contributed by atoms with van der Waals surface area (Å²) in [5.74, 6) is -0.185. The van der Waals surface area contributed by atoms with Crippen molar-refractivity contribution in [2.24, 2.45) is 0 Å². The minimum atomic E-state index is -4.35. The van der Waals surface area contributed by atoms with Gasteiger partial charge in [-0.25, -0.2) is 4.57 Å². The van der Waals surface area contributed by atoms with Gasteiger partial charge in [-0.1, -0.05) is 228 Å².